The van der Waals surface area contributed by atoms with Crippen molar-refractivity contribution in [3.63, 3.8) is 0 Å². The van der Waals surface area contributed by atoms with Crippen LogP contribution in [0.25, 0.3) is 11.0 Å². The van der Waals surface area contributed by atoms with Gasteiger partial charge < -0.3 is 10.3 Å². The number of halogens is 2. The van der Waals surface area contributed by atoms with E-state index in [9.17, 15) is 4.39 Å². The minimum atomic E-state index is -0.490. The van der Waals surface area contributed by atoms with Crippen LogP contribution in [0.4, 0.5) is 10.2 Å². The smallest absolute Gasteiger partial charge is 0.218 e. The molecule has 4 heterocycles. The van der Waals surface area contributed by atoms with Gasteiger partial charge in [-0.2, -0.15) is 4.39 Å². The highest BCUT2D eigenvalue weighted by molar-refractivity contribution is 6.31. The molecule has 2 N–H and O–H groups in total. The summed E-state index contributed by atoms with van der Waals surface area (Å²) in [6.07, 6.45) is 7.36. The highest BCUT2D eigenvalue weighted by atomic mass is 35.5. The van der Waals surface area contributed by atoms with Gasteiger partial charge in [-0.15, -0.1) is 0 Å². The van der Waals surface area contributed by atoms with Gasteiger partial charge in [0.25, 0.3) is 0 Å². The fourth-order valence-corrected chi connectivity index (χ4v) is 3.13. The number of pyridine rings is 3. The van der Waals surface area contributed by atoms with E-state index in [1.807, 2.05) is 25.3 Å². The van der Waals surface area contributed by atoms with Crippen molar-refractivity contribution < 1.29 is 4.39 Å². The van der Waals surface area contributed by atoms with Crippen LogP contribution in [0, 0.1) is 12.9 Å². The number of aryl methyl sites for hydroxylation is 1. The van der Waals surface area contributed by atoms with Crippen molar-refractivity contribution in [3.05, 3.63) is 82.3 Å². The van der Waals surface area contributed by atoms with E-state index >= 15 is 0 Å². The standard InChI is InChI=1S/C20H17ClFN5/c1-12-6-16-15(10-26-20(16)25-8-12)7-13-2-3-18(27-19(13)22)24-9-14-4-5-23-11-17(14)21/h2-6,8,10-11H,7,9H2,1H3,(H,24,27)(H,25,26). The predicted octanol–water partition coefficient (Wildman–Crippen LogP) is 4.66. The maximum absolute atomic E-state index is 14.5. The van der Waals surface area contributed by atoms with Gasteiger partial charge in [0, 0.05) is 48.7 Å². The van der Waals surface area contributed by atoms with Crippen molar-refractivity contribution in [3.8, 4) is 0 Å². The first kappa shape index (κ1) is 17.4. The molecule has 0 saturated heterocycles. The molecule has 0 saturated carbocycles. The number of aromatic nitrogens is 4. The molecule has 7 heteroatoms. The Morgan fingerprint density at radius 2 is 2.04 bits per heavy atom. The molecule has 0 amide bonds. The molecule has 4 aromatic heterocycles. The van der Waals surface area contributed by atoms with Gasteiger partial charge in [-0.3, -0.25) is 4.98 Å². The summed E-state index contributed by atoms with van der Waals surface area (Å²) in [5.41, 5.74) is 4.27. The summed E-state index contributed by atoms with van der Waals surface area (Å²) in [6.45, 7) is 2.43. The van der Waals surface area contributed by atoms with Crippen molar-refractivity contribution >= 4 is 28.5 Å². The highest BCUT2D eigenvalue weighted by Gasteiger charge is 2.11. The van der Waals surface area contributed by atoms with Crippen LogP contribution in [0.2, 0.25) is 5.02 Å². The zero-order valence-corrected chi connectivity index (χ0v) is 15.4. The van der Waals surface area contributed by atoms with Crippen LogP contribution in [0.5, 0.6) is 0 Å². The van der Waals surface area contributed by atoms with Gasteiger partial charge in [0.2, 0.25) is 5.95 Å². The van der Waals surface area contributed by atoms with E-state index < -0.39 is 5.95 Å². The van der Waals surface area contributed by atoms with E-state index in [1.54, 1.807) is 30.7 Å². The van der Waals surface area contributed by atoms with Crippen LogP contribution < -0.4 is 5.32 Å². The second kappa shape index (κ2) is 7.32. The van der Waals surface area contributed by atoms with Gasteiger partial charge in [-0.05, 0) is 41.8 Å². The average molecular weight is 382 g/mol. The lowest BCUT2D eigenvalue weighted by Crippen LogP contribution is -2.04. The average Bonchev–Trinajstić information content (AvgIpc) is 3.05. The second-order valence-corrected chi connectivity index (χ2v) is 6.77. The predicted molar refractivity (Wildman–Crippen MR) is 104 cm³/mol. The van der Waals surface area contributed by atoms with Crippen molar-refractivity contribution in [1.29, 1.82) is 0 Å². The lowest BCUT2D eigenvalue weighted by molar-refractivity contribution is 0.571. The molecule has 0 aromatic carbocycles. The molecule has 4 rings (SSSR count). The maximum atomic E-state index is 14.5. The molecular weight excluding hydrogens is 365 g/mol. The molecule has 0 aliphatic carbocycles. The van der Waals surface area contributed by atoms with Gasteiger partial charge in [0.05, 0.1) is 5.02 Å². The number of anilines is 1. The van der Waals surface area contributed by atoms with Crippen LogP contribution in [-0.2, 0) is 13.0 Å². The molecule has 0 atom stereocenters. The molecule has 0 spiro atoms. The second-order valence-electron chi connectivity index (χ2n) is 6.37. The van der Waals surface area contributed by atoms with E-state index in [4.69, 9.17) is 11.6 Å². The topological polar surface area (TPSA) is 66.5 Å². The summed E-state index contributed by atoms with van der Waals surface area (Å²) in [7, 11) is 0. The third-order valence-corrected chi connectivity index (χ3v) is 4.72. The van der Waals surface area contributed by atoms with Crippen LogP contribution in [0.1, 0.15) is 22.3 Å². The summed E-state index contributed by atoms with van der Waals surface area (Å²) in [5, 5.41) is 4.65. The highest BCUT2D eigenvalue weighted by Crippen LogP contribution is 2.22. The quantitative estimate of drug-likeness (QED) is 0.493. The fourth-order valence-electron chi connectivity index (χ4n) is 2.94. The first-order valence-corrected chi connectivity index (χ1v) is 8.88. The number of nitrogens with one attached hydrogen (secondary N) is 2. The minimum Gasteiger partial charge on any atom is -0.366 e. The number of aromatic amines is 1. The number of nitrogens with zero attached hydrogens (tertiary/aromatic N) is 3. The molecule has 0 aliphatic rings. The summed E-state index contributed by atoms with van der Waals surface area (Å²) in [6, 6.07) is 7.38. The fraction of sp³-hybridized carbons (Fsp3) is 0.150. The summed E-state index contributed by atoms with van der Waals surface area (Å²) in [5.74, 6) is -0.0312. The molecule has 27 heavy (non-hydrogen) atoms. The largest absolute Gasteiger partial charge is 0.366 e. The summed E-state index contributed by atoms with van der Waals surface area (Å²) >= 11 is 6.08. The van der Waals surface area contributed by atoms with Gasteiger partial charge in [0.15, 0.2) is 0 Å². The number of fused-ring (bicyclic) bond motifs is 1. The van der Waals surface area contributed by atoms with Gasteiger partial charge in [0.1, 0.15) is 11.5 Å². The number of hydrogen-bond donors (Lipinski definition) is 2. The molecule has 5 nitrogen and oxygen atoms in total. The molecule has 0 aliphatic heterocycles. The molecule has 0 unspecified atom stereocenters. The lowest BCUT2D eigenvalue weighted by Gasteiger charge is -2.09. The first-order valence-electron chi connectivity index (χ1n) is 8.50. The third kappa shape index (κ3) is 3.75. The van der Waals surface area contributed by atoms with Crippen molar-refractivity contribution in [2.75, 3.05) is 5.32 Å². The van der Waals surface area contributed by atoms with Gasteiger partial charge in [-0.25, -0.2) is 9.97 Å². The van der Waals surface area contributed by atoms with Crippen molar-refractivity contribution in [2.45, 2.75) is 19.9 Å². The van der Waals surface area contributed by atoms with Crippen molar-refractivity contribution in [2.24, 2.45) is 0 Å². The van der Waals surface area contributed by atoms with E-state index in [1.165, 1.54) is 0 Å². The Morgan fingerprint density at radius 3 is 2.85 bits per heavy atom. The molecule has 0 fully saturated rings. The Hall–Kier alpha value is -2.99. The monoisotopic (exact) mass is 381 g/mol. The number of hydrogen-bond acceptors (Lipinski definition) is 4. The molecular formula is C20H17ClFN5. The van der Waals surface area contributed by atoms with Crippen LogP contribution in [0.3, 0.4) is 0 Å². The zero-order chi connectivity index (χ0) is 18.8. The molecule has 136 valence electrons. The van der Waals surface area contributed by atoms with E-state index in [0.29, 0.717) is 29.4 Å². The summed E-state index contributed by atoms with van der Waals surface area (Å²) in [4.78, 5) is 15.5. The lowest BCUT2D eigenvalue weighted by atomic mass is 10.1. The number of H-pyrrole nitrogens is 1. The van der Waals surface area contributed by atoms with E-state index in [0.717, 1.165) is 27.7 Å². The third-order valence-electron chi connectivity index (χ3n) is 4.38. The van der Waals surface area contributed by atoms with E-state index in [-0.39, 0.29) is 0 Å². The Kier molecular flexibility index (Phi) is 4.73. The molecule has 0 radical (unpaired) electrons. The maximum Gasteiger partial charge on any atom is 0.218 e. The van der Waals surface area contributed by atoms with Crippen LogP contribution in [0.15, 0.2) is 49.1 Å². The Bertz CT molecular complexity index is 1110. The molecule has 4 aromatic rings. The van der Waals surface area contributed by atoms with Crippen LogP contribution >= 0.6 is 11.6 Å². The SMILES string of the molecule is Cc1cnc2[nH]cc(Cc3ccc(NCc4ccncc4Cl)nc3F)c2c1. The zero-order valence-electron chi connectivity index (χ0n) is 14.6. The first-order chi connectivity index (χ1) is 13.1. The Labute approximate surface area is 160 Å². The normalized spacial score (nSPS) is 11.1. The Balaban J connectivity index is 1.51. The number of rotatable bonds is 5. The van der Waals surface area contributed by atoms with Crippen LogP contribution in [-0.4, -0.2) is 19.9 Å². The van der Waals surface area contributed by atoms with Gasteiger partial charge in [-0.1, -0.05) is 17.7 Å². The molecule has 0 bridgehead atoms. The minimum absolute atomic E-state index is 0.445. The van der Waals surface area contributed by atoms with E-state index in [2.05, 4.69) is 25.3 Å². The van der Waals surface area contributed by atoms with Crippen molar-refractivity contribution in [1.82, 2.24) is 19.9 Å². The van der Waals surface area contributed by atoms with Gasteiger partial charge >= 0.3 is 0 Å². The summed E-state index contributed by atoms with van der Waals surface area (Å²) < 4.78 is 14.5. The Morgan fingerprint density at radius 1 is 1.15 bits per heavy atom.